The van der Waals surface area contributed by atoms with E-state index in [1.165, 1.54) is 12.1 Å². The van der Waals surface area contributed by atoms with E-state index < -0.39 is 17.7 Å². The number of rotatable bonds is 7. The number of anilines is 1. The highest BCUT2D eigenvalue weighted by Crippen LogP contribution is 2.51. The van der Waals surface area contributed by atoms with Crippen molar-refractivity contribution in [3.8, 4) is 0 Å². The van der Waals surface area contributed by atoms with E-state index in [1.807, 2.05) is 30.3 Å². The first kappa shape index (κ1) is 20.2. The van der Waals surface area contributed by atoms with Crippen molar-refractivity contribution in [1.82, 2.24) is 5.32 Å². The second kappa shape index (κ2) is 8.25. The second-order valence-corrected chi connectivity index (χ2v) is 7.64. The molecule has 1 fully saturated rings. The van der Waals surface area contributed by atoms with Gasteiger partial charge in [0, 0.05) is 24.2 Å². The molecule has 0 spiro atoms. The van der Waals surface area contributed by atoms with Crippen LogP contribution < -0.4 is 10.6 Å². The van der Waals surface area contributed by atoms with Crippen molar-refractivity contribution in [3.63, 3.8) is 0 Å². The van der Waals surface area contributed by atoms with Crippen LogP contribution in [0.25, 0.3) is 0 Å². The highest BCUT2D eigenvalue weighted by atomic mass is 19.4. The zero-order chi connectivity index (χ0) is 20.3. The Morgan fingerprint density at radius 3 is 2.36 bits per heavy atom. The van der Waals surface area contributed by atoms with E-state index in [0.29, 0.717) is 13.0 Å². The Kier molecular flexibility index (Phi) is 5.96. The van der Waals surface area contributed by atoms with Crippen molar-refractivity contribution in [2.45, 2.75) is 38.4 Å². The number of nitrogens with one attached hydrogen (secondary N) is 2. The van der Waals surface area contributed by atoms with E-state index in [9.17, 15) is 18.0 Å². The van der Waals surface area contributed by atoms with Gasteiger partial charge in [0.05, 0.1) is 5.56 Å². The lowest BCUT2D eigenvalue weighted by molar-refractivity contribution is -0.138. The number of hydrogen-bond donors (Lipinski definition) is 2. The quantitative estimate of drug-likeness (QED) is 0.694. The summed E-state index contributed by atoms with van der Waals surface area (Å²) in [4.78, 5) is 12.5. The number of alkyl halides is 3. The van der Waals surface area contributed by atoms with E-state index in [4.69, 9.17) is 0 Å². The maximum atomic E-state index is 13.2. The summed E-state index contributed by atoms with van der Waals surface area (Å²) in [6.07, 6.45) is -3.94. The lowest BCUT2D eigenvalue weighted by Gasteiger charge is -2.24. The molecule has 1 aliphatic rings. The predicted molar refractivity (Wildman–Crippen MR) is 104 cm³/mol. The molecule has 2 N–H and O–H groups in total. The number of benzene rings is 2. The van der Waals surface area contributed by atoms with Gasteiger partial charge in [-0.3, -0.25) is 4.79 Å². The van der Waals surface area contributed by atoms with Gasteiger partial charge in [0.25, 0.3) is 0 Å². The molecule has 3 atom stereocenters. The van der Waals surface area contributed by atoms with Crippen LogP contribution in [-0.2, 0) is 11.0 Å². The molecular formula is C22H25F3N2O. The average Bonchev–Trinajstić information content (AvgIpc) is 3.45. The lowest BCUT2D eigenvalue weighted by Crippen LogP contribution is -2.40. The summed E-state index contributed by atoms with van der Waals surface area (Å²) in [6, 6.07) is 15.3. The molecule has 1 amide bonds. The highest BCUT2D eigenvalue weighted by molar-refractivity contribution is 5.83. The number of carbonyl (C=O) groups is 1. The predicted octanol–water partition coefficient (Wildman–Crippen LogP) is 5.06. The number of amides is 1. The molecule has 2 aromatic rings. The summed E-state index contributed by atoms with van der Waals surface area (Å²) < 4.78 is 39.6. The van der Waals surface area contributed by atoms with Crippen LogP contribution in [0, 0.1) is 11.8 Å². The van der Waals surface area contributed by atoms with Crippen LogP contribution in [-0.4, -0.2) is 18.5 Å². The van der Waals surface area contributed by atoms with E-state index in [-0.39, 0.29) is 29.3 Å². The molecule has 0 saturated heterocycles. The highest BCUT2D eigenvalue weighted by Gasteiger charge is 2.47. The minimum atomic E-state index is -4.40. The molecule has 1 saturated carbocycles. The molecule has 150 valence electrons. The van der Waals surface area contributed by atoms with Crippen molar-refractivity contribution in [2.24, 2.45) is 11.8 Å². The zero-order valence-electron chi connectivity index (χ0n) is 16.0. The third-order valence-electron chi connectivity index (χ3n) is 5.22. The van der Waals surface area contributed by atoms with Gasteiger partial charge in [0.15, 0.2) is 0 Å². The van der Waals surface area contributed by atoms with Gasteiger partial charge >= 0.3 is 6.18 Å². The summed E-state index contributed by atoms with van der Waals surface area (Å²) in [7, 11) is 0. The Balaban J connectivity index is 1.59. The normalized spacial score (nSPS) is 19.9. The molecule has 0 bridgehead atoms. The molecule has 3 rings (SSSR count). The summed E-state index contributed by atoms with van der Waals surface area (Å²) >= 11 is 0. The van der Waals surface area contributed by atoms with Crippen LogP contribution in [0.3, 0.4) is 0 Å². The maximum Gasteiger partial charge on any atom is 0.416 e. The van der Waals surface area contributed by atoms with Gasteiger partial charge in [-0.05, 0) is 42.0 Å². The van der Waals surface area contributed by atoms with Crippen LogP contribution >= 0.6 is 0 Å². The van der Waals surface area contributed by atoms with E-state index in [1.54, 1.807) is 6.07 Å². The van der Waals surface area contributed by atoms with Gasteiger partial charge < -0.3 is 10.6 Å². The Hall–Kier alpha value is -2.50. The van der Waals surface area contributed by atoms with Crippen LogP contribution in [0.1, 0.15) is 37.3 Å². The topological polar surface area (TPSA) is 41.1 Å². The molecule has 3 nitrogen and oxygen atoms in total. The molecule has 28 heavy (non-hydrogen) atoms. The fourth-order valence-corrected chi connectivity index (χ4v) is 3.45. The van der Waals surface area contributed by atoms with Gasteiger partial charge in [-0.25, -0.2) is 0 Å². The largest absolute Gasteiger partial charge is 0.416 e. The Morgan fingerprint density at radius 1 is 1.07 bits per heavy atom. The summed E-state index contributed by atoms with van der Waals surface area (Å²) in [5, 5.41) is 6.32. The fourth-order valence-electron chi connectivity index (χ4n) is 3.45. The molecule has 2 aromatic carbocycles. The van der Waals surface area contributed by atoms with Gasteiger partial charge in [-0.2, -0.15) is 13.2 Å². The molecule has 0 aromatic heterocycles. The SMILES string of the molecule is CC(C)C(CNC(=O)C1CC1c1ccccc1C(F)(F)F)Nc1ccccc1. The first-order valence-electron chi connectivity index (χ1n) is 9.52. The molecular weight excluding hydrogens is 365 g/mol. The number of hydrogen-bond acceptors (Lipinski definition) is 2. The third kappa shape index (κ3) is 4.86. The molecule has 0 radical (unpaired) electrons. The number of halogens is 3. The summed E-state index contributed by atoms with van der Waals surface area (Å²) in [5.74, 6) is -0.658. The summed E-state index contributed by atoms with van der Waals surface area (Å²) in [5.41, 5.74) is 0.554. The molecule has 1 aliphatic carbocycles. The average molecular weight is 390 g/mol. The van der Waals surface area contributed by atoms with Gasteiger partial charge in [0.1, 0.15) is 0 Å². The van der Waals surface area contributed by atoms with Gasteiger partial charge in [-0.15, -0.1) is 0 Å². The number of para-hydroxylation sites is 1. The first-order valence-corrected chi connectivity index (χ1v) is 9.52. The van der Waals surface area contributed by atoms with Crippen molar-refractivity contribution in [2.75, 3.05) is 11.9 Å². The van der Waals surface area contributed by atoms with Crippen LogP contribution in [0.15, 0.2) is 54.6 Å². The number of carbonyl (C=O) groups excluding carboxylic acids is 1. The van der Waals surface area contributed by atoms with Crippen molar-refractivity contribution < 1.29 is 18.0 Å². The molecule has 6 heteroatoms. The van der Waals surface area contributed by atoms with Crippen LogP contribution in [0.2, 0.25) is 0 Å². The molecule has 3 unspecified atom stereocenters. The van der Waals surface area contributed by atoms with Crippen molar-refractivity contribution in [3.05, 3.63) is 65.7 Å². The zero-order valence-corrected chi connectivity index (χ0v) is 16.0. The smallest absolute Gasteiger partial charge is 0.380 e. The Labute approximate surface area is 163 Å². The van der Waals surface area contributed by atoms with E-state index >= 15 is 0 Å². The van der Waals surface area contributed by atoms with E-state index in [0.717, 1.165) is 11.8 Å². The first-order chi connectivity index (χ1) is 13.3. The molecule has 0 heterocycles. The van der Waals surface area contributed by atoms with Gasteiger partial charge in [0.2, 0.25) is 5.91 Å². The minimum Gasteiger partial charge on any atom is -0.380 e. The minimum absolute atomic E-state index is 0.0333. The van der Waals surface area contributed by atoms with Crippen molar-refractivity contribution in [1.29, 1.82) is 0 Å². The Bertz CT molecular complexity index is 805. The summed E-state index contributed by atoms with van der Waals surface area (Å²) in [6.45, 7) is 4.55. The Morgan fingerprint density at radius 2 is 1.71 bits per heavy atom. The second-order valence-electron chi connectivity index (χ2n) is 7.64. The van der Waals surface area contributed by atoms with E-state index in [2.05, 4.69) is 24.5 Å². The maximum absolute atomic E-state index is 13.2. The van der Waals surface area contributed by atoms with Crippen LogP contribution in [0.5, 0.6) is 0 Å². The standard InChI is InChI=1S/C22H25F3N2O/c1-14(2)20(27-15-8-4-3-5-9-15)13-26-21(28)18-12-17(18)16-10-6-7-11-19(16)22(23,24)25/h3-11,14,17-18,20,27H,12-13H2,1-2H3,(H,26,28). The fraction of sp³-hybridized carbons (Fsp3) is 0.409. The van der Waals surface area contributed by atoms with Crippen LogP contribution in [0.4, 0.5) is 18.9 Å². The monoisotopic (exact) mass is 390 g/mol. The molecule has 0 aliphatic heterocycles. The van der Waals surface area contributed by atoms with Gasteiger partial charge in [-0.1, -0.05) is 50.2 Å². The lowest BCUT2D eigenvalue weighted by atomic mass is 10.0. The van der Waals surface area contributed by atoms with Crippen molar-refractivity contribution >= 4 is 11.6 Å². The third-order valence-corrected chi connectivity index (χ3v) is 5.22.